The van der Waals surface area contributed by atoms with Crippen molar-refractivity contribution in [3.05, 3.63) is 35.9 Å². The molecule has 1 aromatic carbocycles. The van der Waals surface area contributed by atoms with Crippen LogP contribution in [-0.4, -0.2) is 20.2 Å². The fraction of sp³-hybridized carbons (Fsp3) is 0.611. The number of sulfonamides is 1. The minimum atomic E-state index is -3.94. The summed E-state index contributed by atoms with van der Waals surface area (Å²) < 4.78 is 26.0. The van der Waals surface area contributed by atoms with Crippen molar-refractivity contribution in [2.45, 2.75) is 64.8 Å². The summed E-state index contributed by atoms with van der Waals surface area (Å²) >= 11 is 0. The lowest BCUT2D eigenvalue weighted by Gasteiger charge is -2.08. The first kappa shape index (κ1) is 20.6. The molecule has 0 bridgehead atoms. The second kappa shape index (κ2) is 12.0. The molecule has 0 radical (unpaired) electrons. The van der Waals surface area contributed by atoms with E-state index in [-0.39, 0.29) is 6.54 Å². The SMILES string of the molecule is CCCCCCCCCCNS(=O)(=O)C(=O)NCc1ccccc1. The zero-order valence-corrected chi connectivity index (χ0v) is 15.4. The first-order valence-electron chi connectivity index (χ1n) is 8.87. The summed E-state index contributed by atoms with van der Waals surface area (Å²) in [7, 11) is -3.94. The second-order valence-electron chi connectivity index (χ2n) is 6.00. The first-order chi connectivity index (χ1) is 11.6. The van der Waals surface area contributed by atoms with Crippen LogP contribution in [0.1, 0.15) is 63.9 Å². The van der Waals surface area contributed by atoms with Crippen molar-refractivity contribution in [1.82, 2.24) is 10.0 Å². The van der Waals surface area contributed by atoms with Crippen molar-refractivity contribution in [2.24, 2.45) is 0 Å². The molecule has 2 N–H and O–H groups in total. The number of rotatable bonds is 12. The van der Waals surface area contributed by atoms with Crippen LogP contribution in [0.4, 0.5) is 4.79 Å². The van der Waals surface area contributed by atoms with Crippen LogP contribution in [0, 0.1) is 0 Å². The normalized spacial score (nSPS) is 11.4. The van der Waals surface area contributed by atoms with Crippen LogP contribution in [-0.2, 0) is 16.6 Å². The minimum absolute atomic E-state index is 0.207. The third-order valence-corrected chi connectivity index (χ3v) is 5.06. The van der Waals surface area contributed by atoms with Crippen LogP contribution in [0.5, 0.6) is 0 Å². The Morgan fingerprint density at radius 2 is 1.50 bits per heavy atom. The van der Waals surface area contributed by atoms with E-state index in [1.165, 1.54) is 32.1 Å². The fourth-order valence-electron chi connectivity index (χ4n) is 2.40. The lowest BCUT2D eigenvalue weighted by Crippen LogP contribution is -2.38. The van der Waals surface area contributed by atoms with Gasteiger partial charge in [-0.3, -0.25) is 4.79 Å². The van der Waals surface area contributed by atoms with Crippen molar-refractivity contribution >= 4 is 15.3 Å². The van der Waals surface area contributed by atoms with E-state index < -0.39 is 15.3 Å². The summed E-state index contributed by atoms with van der Waals surface area (Å²) in [4.78, 5) is 11.7. The minimum Gasteiger partial charge on any atom is -0.338 e. The molecule has 0 heterocycles. The van der Waals surface area contributed by atoms with Gasteiger partial charge in [-0.2, -0.15) is 0 Å². The van der Waals surface area contributed by atoms with Gasteiger partial charge in [-0.05, 0) is 12.0 Å². The Kier molecular flexibility index (Phi) is 10.4. The van der Waals surface area contributed by atoms with E-state index in [2.05, 4.69) is 17.0 Å². The largest absolute Gasteiger partial charge is 0.351 e. The van der Waals surface area contributed by atoms with E-state index in [1.807, 2.05) is 30.3 Å². The molecule has 0 aliphatic carbocycles. The highest BCUT2D eigenvalue weighted by Gasteiger charge is 2.20. The molecule has 0 aliphatic rings. The standard InChI is InChI=1S/C18H30N2O3S/c1-2-3-4-5-6-7-8-12-15-20-24(22,23)18(21)19-16-17-13-10-9-11-14-17/h9-11,13-14,20H,2-8,12,15-16H2,1H3,(H,19,21). The van der Waals surface area contributed by atoms with Gasteiger partial charge in [0.05, 0.1) is 0 Å². The number of benzene rings is 1. The highest BCUT2D eigenvalue weighted by Crippen LogP contribution is 2.08. The number of hydrogen-bond acceptors (Lipinski definition) is 3. The highest BCUT2D eigenvalue weighted by atomic mass is 32.2. The fourth-order valence-corrected chi connectivity index (χ4v) is 3.20. The molecular weight excluding hydrogens is 324 g/mol. The molecule has 6 heteroatoms. The predicted molar refractivity (Wildman–Crippen MR) is 98.2 cm³/mol. The van der Waals surface area contributed by atoms with Crippen molar-refractivity contribution in [2.75, 3.05) is 6.54 Å². The quantitative estimate of drug-likeness (QED) is 0.558. The Morgan fingerprint density at radius 3 is 2.12 bits per heavy atom. The Balaban J connectivity index is 2.13. The molecule has 0 unspecified atom stereocenters. The van der Waals surface area contributed by atoms with Gasteiger partial charge in [0.2, 0.25) is 0 Å². The third kappa shape index (κ3) is 9.03. The third-order valence-electron chi connectivity index (χ3n) is 3.85. The average molecular weight is 355 g/mol. The van der Waals surface area contributed by atoms with Crippen molar-refractivity contribution in [3.8, 4) is 0 Å². The highest BCUT2D eigenvalue weighted by molar-refractivity contribution is 8.04. The van der Waals surface area contributed by atoms with E-state index >= 15 is 0 Å². The smallest absolute Gasteiger partial charge is 0.338 e. The number of amides is 1. The van der Waals surface area contributed by atoms with Gasteiger partial charge in [0.1, 0.15) is 0 Å². The molecule has 24 heavy (non-hydrogen) atoms. The van der Waals surface area contributed by atoms with Crippen LogP contribution >= 0.6 is 0 Å². The molecule has 0 saturated heterocycles. The van der Waals surface area contributed by atoms with Gasteiger partial charge in [-0.25, -0.2) is 13.1 Å². The lowest BCUT2D eigenvalue weighted by molar-refractivity contribution is 0.258. The summed E-state index contributed by atoms with van der Waals surface area (Å²) in [6.07, 6.45) is 9.13. The van der Waals surface area contributed by atoms with Gasteiger partial charge in [0.15, 0.2) is 0 Å². The predicted octanol–water partition coefficient (Wildman–Crippen LogP) is 3.96. The zero-order valence-electron chi connectivity index (χ0n) is 14.6. The maximum absolute atomic E-state index is 11.8. The molecule has 0 aliphatic heterocycles. The van der Waals surface area contributed by atoms with Crippen LogP contribution in [0.3, 0.4) is 0 Å². The molecule has 1 rings (SSSR count). The van der Waals surface area contributed by atoms with Gasteiger partial charge in [0, 0.05) is 13.1 Å². The molecule has 0 aromatic heterocycles. The van der Waals surface area contributed by atoms with Gasteiger partial charge in [-0.15, -0.1) is 0 Å². The summed E-state index contributed by atoms with van der Waals surface area (Å²) in [5.74, 6) is 0. The summed E-state index contributed by atoms with van der Waals surface area (Å²) in [5.41, 5.74) is 0.865. The lowest BCUT2D eigenvalue weighted by atomic mass is 10.1. The zero-order chi connectivity index (χ0) is 17.7. The van der Waals surface area contributed by atoms with Gasteiger partial charge >= 0.3 is 5.24 Å². The molecule has 0 spiro atoms. The molecule has 1 amide bonds. The Morgan fingerprint density at radius 1 is 0.917 bits per heavy atom. The van der Waals surface area contributed by atoms with Crippen LogP contribution in [0.2, 0.25) is 0 Å². The number of nitrogens with one attached hydrogen (secondary N) is 2. The van der Waals surface area contributed by atoms with Crippen molar-refractivity contribution < 1.29 is 13.2 Å². The molecular formula is C18H30N2O3S. The van der Waals surface area contributed by atoms with Gasteiger partial charge < -0.3 is 5.32 Å². The summed E-state index contributed by atoms with van der Waals surface area (Å²) in [6.45, 7) is 2.72. The number of hydrogen-bond donors (Lipinski definition) is 2. The molecule has 0 saturated carbocycles. The van der Waals surface area contributed by atoms with Gasteiger partial charge in [-0.1, -0.05) is 82.2 Å². The topological polar surface area (TPSA) is 75.3 Å². The summed E-state index contributed by atoms with van der Waals surface area (Å²) in [6, 6.07) is 9.22. The Bertz CT molecular complexity index is 559. The molecule has 136 valence electrons. The van der Waals surface area contributed by atoms with Crippen LogP contribution in [0.25, 0.3) is 0 Å². The molecule has 5 nitrogen and oxygen atoms in total. The van der Waals surface area contributed by atoms with E-state index in [0.29, 0.717) is 6.54 Å². The maximum atomic E-state index is 11.8. The number of carbonyl (C=O) groups is 1. The van der Waals surface area contributed by atoms with Crippen molar-refractivity contribution in [3.63, 3.8) is 0 Å². The number of unbranched alkanes of at least 4 members (excludes halogenated alkanes) is 7. The Labute approximate surface area is 146 Å². The maximum Gasteiger partial charge on any atom is 0.351 e. The van der Waals surface area contributed by atoms with E-state index in [1.54, 1.807) is 0 Å². The molecule has 0 atom stereocenters. The molecule has 1 aromatic rings. The van der Waals surface area contributed by atoms with Crippen LogP contribution < -0.4 is 10.0 Å². The van der Waals surface area contributed by atoms with E-state index in [9.17, 15) is 13.2 Å². The second-order valence-corrected chi connectivity index (χ2v) is 7.67. The molecule has 0 fully saturated rings. The number of carbonyl (C=O) groups excluding carboxylic acids is 1. The summed E-state index contributed by atoms with van der Waals surface area (Å²) in [5, 5.41) is 1.46. The van der Waals surface area contributed by atoms with Crippen molar-refractivity contribution in [1.29, 1.82) is 0 Å². The average Bonchev–Trinajstić information content (AvgIpc) is 2.59. The van der Waals surface area contributed by atoms with E-state index in [0.717, 1.165) is 24.8 Å². The van der Waals surface area contributed by atoms with E-state index in [4.69, 9.17) is 0 Å². The van der Waals surface area contributed by atoms with Gasteiger partial charge in [0.25, 0.3) is 10.0 Å². The first-order valence-corrected chi connectivity index (χ1v) is 10.4. The van der Waals surface area contributed by atoms with Crippen LogP contribution in [0.15, 0.2) is 30.3 Å². The Hall–Kier alpha value is -1.40. The monoisotopic (exact) mass is 354 g/mol.